The van der Waals surface area contributed by atoms with E-state index in [1.54, 1.807) is 39.2 Å². The van der Waals surface area contributed by atoms with E-state index in [0.29, 0.717) is 24.5 Å². The molecule has 19 heavy (non-hydrogen) atoms. The van der Waals surface area contributed by atoms with E-state index in [1.807, 2.05) is 0 Å². The Hall–Kier alpha value is -0.870. The molecule has 1 aromatic rings. The summed E-state index contributed by atoms with van der Waals surface area (Å²) in [6.07, 6.45) is 0.166. The van der Waals surface area contributed by atoms with Crippen molar-refractivity contribution < 1.29 is 23.5 Å². The number of hydrogen-bond acceptors (Lipinski definition) is 5. The van der Waals surface area contributed by atoms with Crippen molar-refractivity contribution in [1.29, 1.82) is 0 Å². The number of aliphatic hydroxyl groups is 1. The van der Waals surface area contributed by atoms with E-state index in [-0.39, 0.29) is 12.8 Å². The Morgan fingerprint density at radius 3 is 2.16 bits per heavy atom. The molecule has 0 saturated carbocycles. The summed E-state index contributed by atoms with van der Waals surface area (Å²) in [4.78, 5) is 0. The monoisotopic (exact) mass is 288 g/mol. The number of hydrogen-bond donors (Lipinski definition) is 1. The first-order valence-corrected chi connectivity index (χ1v) is 7.95. The predicted molar refractivity (Wildman–Crippen MR) is 73.5 cm³/mol. The fourth-order valence-corrected chi connectivity index (χ4v) is 3.45. The first-order valence-electron chi connectivity index (χ1n) is 6.22. The number of benzene rings is 1. The van der Waals surface area contributed by atoms with Gasteiger partial charge in [-0.15, -0.1) is 0 Å². The second-order valence-electron chi connectivity index (χ2n) is 3.95. The van der Waals surface area contributed by atoms with Crippen LogP contribution < -0.4 is 4.74 Å². The van der Waals surface area contributed by atoms with Crippen molar-refractivity contribution in [3.05, 3.63) is 29.3 Å². The van der Waals surface area contributed by atoms with Crippen molar-refractivity contribution in [1.82, 2.24) is 0 Å². The second-order valence-corrected chi connectivity index (χ2v) is 6.01. The summed E-state index contributed by atoms with van der Waals surface area (Å²) in [5.41, 5.74) is 1.46. The maximum atomic E-state index is 12.4. The molecule has 0 atom stereocenters. The van der Waals surface area contributed by atoms with Gasteiger partial charge in [-0.2, -0.15) is 0 Å². The molecular formula is C13H21O5P. The van der Waals surface area contributed by atoms with Crippen LogP contribution in [0, 0.1) is 0 Å². The van der Waals surface area contributed by atoms with Crippen LogP contribution >= 0.6 is 7.60 Å². The minimum absolute atomic E-state index is 0.0994. The third kappa shape index (κ3) is 4.96. The molecule has 0 aliphatic rings. The van der Waals surface area contributed by atoms with E-state index in [0.717, 1.165) is 5.56 Å². The van der Waals surface area contributed by atoms with Crippen LogP contribution in [-0.4, -0.2) is 25.4 Å². The van der Waals surface area contributed by atoms with Gasteiger partial charge in [-0.1, -0.05) is 6.07 Å². The zero-order valence-electron chi connectivity index (χ0n) is 11.6. The molecule has 6 heteroatoms. The van der Waals surface area contributed by atoms with E-state index in [4.69, 9.17) is 13.8 Å². The third-order valence-corrected chi connectivity index (χ3v) is 4.53. The van der Waals surface area contributed by atoms with Crippen molar-refractivity contribution in [3.63, 3.8) is 0 Å². The van der Waals surface area contributed by atoms with Crippen LogP contribution in [0.15, 0.2) is 18.2 Å². The van der Waals surface area contributed by atoms with Crippen molar-refractivity contribution in [2.75, 3.05) is 20.3 Å². The molecule has 0 aliphatic heterocycles. The highest BCUT2D eigenvalue weighted by Crippen LogP contribution is 2.51. The fraction of sp³-hybridized carbons (Fsp3) is 0.538. The lowest BCUT2D eigenvalue weighted by Gasteiger charge is -2.17. The van der Waals surface area contributed by atoms with Gasteiger partial charge in [0.25, 0.3) is 0 Å². The zero-order valence-corrected chi connectivity index (χ0v) is 12.5. The van der Waals surface area contributed by atoms with Gasteiger partial charge in [-0.05, 0) is 37.1 Å². The average molecular weight is 288 g/mol. The molecule has 0 radical (unpaired) electrons. The molecule has 0 aromatic heterocycles. The van der Waals surface area contributed by atoms with E-state index in [9.17, 15) is 9.67 Å². The van der Waals surface area contributed by atoms with Gasteiger partial charge in [0.1, 0.15) is 5.75 Å². The van der Waals surface area contributed by atoms with Crippen LogP contribution in [0.2, 0.25) is 0 Å². The smallest absolute Gasteiger partial charge is 0.335 e. The van der Waals surface area contributed by atoms with Crippen LogP contribution in [0.4, 0.5) is 0 Å². The standard InChI is InChI=1S/C13H21O5P/c1-4-17-19(15,18-5-2)10-12-6-11(9-14)7-13(8-12)16-3/h6-8,14H,4-5,9-10H2,1-3H3. The summed E-state index contributed by atoms with van der Waals surface area (Å²) >= 11 is 0. The van der Waals surface area contributed by atoms with E-state index >= 15 is 0 Å². The molecule has 0 amide bonds. The van der Waals surface area contributed by atoms with Gasteiger partial charge in [0.2, 0.25) is 0 Å². The SMILES string of the molecule is CCOP(=O)(Cc1cc(CO)cc(OC)c1)OCC. The molecule has 0 spiro atoms. The molecule has 108 valence electrons. The third-order valence-electron chi connectivity index (χ3n) is 2.47. The topological polar surface area (TPSA) is 65.0 Å². The maximum absolute atomic E-state index is 12.4. The van der Waals surface area contributed by atoms with Crippen LogP contribution in [0.3, 0.4) is 0 Å². The Bertz CT molecular complexity index is 414. The summed E-state index contributed by atoms with van der Waals surface area (Å²) in [6, 6.07) is 5.27. The minimum atomic E-state index is -3.14. The number of rotatable bonds is 8. The Labute approximate surface area is 114 Å². The Morgan fingerprint density at radius 2 is 1.68 bits per heavy atom. The molecule has 0 unspecified atom stereocenters. The Morgan fingerprint density at radius 1 is 1.11 bits per heavy atom. The van der Waals surface area contributed by atoms with Gasteiger partial charge in [0.15, 0.2) is 0 Å². The molecule has 0 aliphatic carbocycles. The predicted octanol–water partition coefficient (Wildman–Crippen LogP) is 2.95. The lowest BCUT2D eigenvalue weighted by Crippen LogP contribution is -2.00. The van der Waals surface area contributed by atoms with Gasteiger partial charge in [0.05, 0.1) is 33.1 Å². The average Bonchev–Trinajstić information content (AvgIpc) is 2.38. The van der Waals surface area contributed by atoms with Gasteiger partial charge >= 0.3 is 7.60 Å². The highest BCUT2D eigenvalue weighted by molar-refractivity contribution is 7.53. The number of ether oxygens (including phenoxy) is 1. The van der Waals surface area contributed by atoms with E-state index in [1.165, 1.54) is 0 Å². The van der Waals surface area contributed by atoms with Crippen molar-refractivity contribution in [2.24, 2.45) is 0 Å². The zero-order chi connectivity index (χ0) is 14.3. The molecule has 0 bridgehead atoms. The number of aliphatic hydroxyl groups excluding tert-OH is 1. The maximum Gasteiger partial charge on any atom is 0.335 e. The summed E-state index contributed by atoms with van der Waals surface area (Å²) in [6.45, 7) is 4.10. The molecular weight excluding hydrogens is 267 g/mol. The first kappa shape index (κ1) is 16.2. The van der Waals surface area contributed by atoms with E-state index in [2.05, 4.69) is 0 Å². The van der Waals surface area contributed by atoms with Crippen molar-refractivity contribution in [2.45, 2.75) is 26.6 Å². The molecule has 0 fully saturated rings. The summed E-state index contributed by atoms with van der Waals surface area (Å²) < 4.78 is 28.1. The van der Waals surface area contributed by atoms with Crippen molar-refractivity contribution >= 4 is 7.60 Å². The molecule has 1 N–H and O–H groups in total. The van der Waals surface area contributed by atoms with Crippen molar-refractivity contribution in [3.8, 4) is 5.75 Å². The highest BCUT2D eigenvalue weighted by Gasteiger charge is 2.24. The summed E-state index contributed by atoms with van der Waals surface area (Å²) in [5, 5.41) is 9.20. The quantitative estimate of drug-likeness (QED) is 0.745. The van der Waals surface area contributed by atoms with Gasteiger partial charge in [-0.25, -0.2) is 0 Å². The Kier molecular flexibility index (Phi) is 6.52. The first-order chi connectivity index (χ1) is 9.06. The van der Waals surface area contributed by atoms with Gasteiger partial charge in [-0.3, -0.25) is 4.57 Å². The summed E-state index contributed by atoms with van der Waals surface area (Å²) in [7, 11) is -1.59. The van der Waals surface area contributed by atoms with E-state index < -0.39 is 7.60 Å². The molecule has 0 heterocycles. The number of methoxy groups -OCH3 is 1. The Balaban J connectivity index is 2.98. The normalized spacial score (nSPS) is 11.6. The lowest BCUT2D eigenvalue weighted by molar-refractivity contribution is 0.219. The highest BCUT2D eigenvalue weighted by atomic mass is 31.2. The summed E-state index contributed by atoms with van der Waals surface area (Å²) in [5.74, 6) is 0.612. The molecule has 1 aromatic carbocycles. The van der Waals surface area contributed by atoms with Crippen LogP contribution in [-0.2, 0) is 26.4 Å². The fourth-order valence-electron chi connectivity index (χ4n) is 1.77. The molecule has 1 rings (SSSR count). The molecule has 5 nitrogen and oxygen atoms in total. The molecule has 0 saturated heterocycles. The second kappa shape index (κ2) is 7.65. The van der Waals surface area contributed by atoms with Crippen LogP contribution in [0.5, 0.6) is 5.75 Å². The minimum Gasteiger partial charge on any atom is -0.497 e. The van der Waals surface area contributed by atoms with Crippen LogP contribution in [0.1, 0.15) is 25.0 Å². The van der Waals surface area contributed by atoms with Gasteiger partial charge in [0, 0.05) is 0 Å². The largest absolute Gasteiger partial charge is 0.497 e. The van der Waals surface area contributed by atoms with Crippen LogP contribution in [0.25, 0.3) is 0 Å². The lowest BCUT2D eigenvalue weighted by atomic mass is 10.1. The van der Waals surface area contributed by atoms with Gasteiger partial charge < -0.3 is 18.9 Å².